The quantitative estimate of drug-likeness (QED) is 0.918. The zero-order valence-electron chi connectivity index (χ0n) is 12.2. The minimum absolute atomic E-state index is 0.0211. The molecule has 21 heavy (non-hydrogen) atoms. The maximum atomic E-state index is 10.2. The van der Waals surface area contributed by atoms with Crippen LogP contribution in [0.3, 0.4) is 0 Å². The van der Waals surface area contributed by atoms with Gasteiger partial charge in [-0.25, -0.2) is 4.99 Å². The Morgan fingerprint density at radius 3 is 2.67 bits per heavy atom. The monoisotopic (exact) mass is 327 g/mol. The smallest absolute Gasteiger partial charge is 0.162 e. The summed E-state index contributed by atoms with van der Waals surface area (Å²) in [5, 5.41) is 11.1. The van der Waals surface area contributed by atoms with Crippen molar-refractivity contribution in [2.75, 3.05) is 38.6 Å². The molecule has 3 rings (SSSR count). The molecule has 0 amide bonds. The SMILES string of the molecule is CN(C)CC1=Nc2c(O)c(Cl)cc(Cl)c2N(CC2CC2)C1. The van der Waals surface area contributed by atoms with E-state index < -0.39 is 0 Å². The van der Waals surface area contributed by atoms with Crippen molar-refractivity contribution in [2.24, 2.45) is 10.9 Å². The fourth-order valence-electron chi connectivity index (χ4n) is 2.70. The molecule has 1 aliphatic carbocycles. The highest BCUT2D eigenvalue weighted by atomic mass is 35.5. The Hall–Kier alpha value is -0.970. The molecule has 0 unspecified atom stereocenters. The highest BCUT2D eigenvalue weighted by Crippen LogP contribution is 2.49. The van der Waals surface area contributed by atoms with Crippen LogP contribution in [0.4, 0.5) is 11.4 Å². The molecule has 1 aromatic rings. The van der Waals surface area contributed by atoms with Crippen LogP contribution >= 0.6 is 23.2 Å². The maximum absolute atomic E-state index is 10.2. The molecule has 6 heteroatoms. The van der Waals surface area contributed by atoms with Crippen LogP contribution in [0.25, 0.3) is 0 Å². The molecular formula is C15H19Cl2N3O. The molecule has 114 valence electrons. The summed E-state index contributed by atoms with van der Waals surface area (Å²) in [4.78, 5) is 8.90. The summed E-state index contributed by atoms with van der Waals surface area (Å²) in [6, 6.07) is 1.60. The van der Waals surface area contributed by atoms with Crippen molar-refractivity contribution in [1.29, 1.82) is 0 Å². The highest BCUT2D eigenvalue weighted by molar-refractivity contribution is 6.38. The Balaban J connectivity index is 2.04. The van der Waals surface area contributed by atoms with Crippen molar-refractivity contribution in [2.45, 2.75) is 12.8 Å². The van der Waals surface area contributed by atoms with E-state index in [1.807, 2.05) is 14.1 Å². The van der Waals surface area contributed by atoms with Gasteiger partial charge in [0.1, 0.15) is 5.69 Å². The predicted octanol–water partition coefficient (Wildman–Crippen LogP) is 3.56. The van der Waals surface area contributed by atoms with Gasteiger partial charge in [-0.2, -0.15) is 0 Å². The molecule has 1 aromatic carbocycles. The van der Waals surface area contributed by atoms with Crippen LogP contribution in [-0.2, 0) is 0 Å². The first-order chi connectivity index (χ1) is 9.95. The van der Waals surface area contributed by atoms with E-state index in [9.17, 15) is 5.11 Å². The van der Waals surface area contributed by atoms with Gasteiger partial charge in [0.25, 0.3) is 0 Å². The van der Waals surface area contributed by atoms with Crippen molar-refractivity contribution < 1.29 is 5.11 Å². The topological polar surface area (TPSA) is 39.1 Å². The van der Waals surface area contributed by atoms with E-state index in [0.717, 1.165) is 37.0 Å². The Morgan fingerprint density at radius 2 is 2.05 bits per heavy atom. The lowest BCUT2D eigenvalue weighted by molar-refractivity contribution is 0.465. The highest BCUT2D eigenvalue weighted by Gasteiger charge is 2.31. The van der Waals surface area contributed by atoms with E-state index >= 15 is 0 Å². The van der Waals surface area contributed by atoms with Crippen LogP contribution in [0.1, 0.15) is 12.8 Å². The van der Waals surface area contributed by atoms with Crippen LogP contribution in [0.5, 0.6) is 5.75 Å². The standard InChI is InChI=1S/C15H19Cl2N3O/c1-19(2)7-10-8-20(6-9-3-4-9)14-11(16)5-12(17)15(21)13(14)18-10/h5,9,21H,3-4,6-8H2,1-2H3. The number of benzene rings is 1. The Bertz CT molecular complexity index is 597. The molecule has 1 aliphatic heterocycles. The van der Waals surface area contributed by atoms with Gasteiger partial charge in [0.15, 0.2) is 5.75 Å². The molecule has 1 saturated carbocycles. The summed E-state index contributed by atoms with van der Waals surface area (Å²) in [6.07, 6.45) is 2.53. The Morgan fingerprint density at radius 1 is 1.33 bits per heavy atom. The lowest BCUT2D eigenvalue weighted by Crippen LogP contribution is -2.38. The number of hydrogen-bond donors (Lipinski definition) is 1. The Kier molecular flexibility index (Phi) is 4.04. The number of aromatic hydroxyl groups is 1. The molecule has 1 fully saturated rings. The molecule has 0 saturated heterocycles. The molecule has 1 N–H and O–H groups in total. The molecule has 0 radical (unpaired) electrons. The number of phenols is 1. The van der Waals surface area contributed by atoms with Crippen LogP contribution in [0, 0.1) is 5.92 Å². The fraction of sp³-hybridized carbons (Fsp3) is 0.533. The minimum Gasteiger partial charge on any atom is -0.504 e. The van der Waals surface area contributed by atoms with Crippen molar-refractivity contribution in [3.63, 3.8) is 0 Å². The van der Waals surface area contributed by atoms with Gasteiger partial charge in [-0.1, -0.05) is 23.2 Å². The van der Waals surface area contributed by atoms with Crippen molar-refractivity contribution >= 4 is 40.3 Å². The van der Waals surface area contributed by atoms with E-state index in [0.29, 0.717) is 10.7 Å². The van der Waals surface area contributed by atoms with E-state index in [1.165, 1.54) is 12.8 Å². The van der Waals surface area contributed by atoms with Gasteiger partial charge in [-0.3, -0.25) is 0 Å². The molecule has 0 atom stereocenters. The third kappa shape index (κ3) is 3.12. The summed E-state index contributed by atoms with van der Waals surface area (Å²) < 4.78 is 0. The lowest BCUT2D eigenvalue weighted by atomic mass is 10.1. The largest absolute Gasteiger partial charge is 0.504 e. The van der Waals surface area contributed by atoms with E-state index in [4.69, 9.17) is 23.2 Å². The molecule has 1 heterocycles. The van der Waals surface area contributed by atoms with Crippen LogP contribution < -0.4 is 4.90 Å². The number of phenolic OH excluding ortho intramolecular Hbond substituents is 1. The second kappa shape index (κ2) is 5.67. The third-order valence-corrected chi connectivity index (χ3v) is 4.36. The van der Waals surface area contributed by atoms with Crippen molar-refractivity contribution in [1.82, 2.24) is 4.90 Å². The summed E-state index contributed by atoms with van der Waals surface area (Å²) in [7, 11) is 4.02. The zero-order valence-corrected chi connectivity index (χ0v) is 13.7. The number of nitrogens with zero attached hydrogens (tertiary/aromatic N) is 3. The first-order valence-corrected chi connectivity index (χ1v) is 7.88. The molecule has 0 spiro atoms. The first-order valence-electron chi connectivity index (χ1n) is 7.12. The van der Waals surface area contributed by atoms with E-state index in [2.05, 4.69) is 14.8 Å². The molecule has 2 aliphatic rings. The molecular weight excluding hydrogens is 309 g/mol. The Labute approximate surface area is 135 Å². The van der Waals surface area contributed by atoms with Gasteiger partial charge in [0, 0.05) is 13.1 Å². The molecule has 4 nitrogen and oxygen atoms in total. The van der Waals surface area contributed by atoms with E-state index in [-0.39, 0.29) is 10.8 Å². The first kappa shape index (κ1) is 14.9. The zero-order chi connectivity index (χ0) is 15.1. The number of fused-ring (bicyclic) bond motifs is 1. The fourth-order valence-corrected chi connectivity index (χ4v) is 3.28. The number of hydrogen-bond acceptors (Lipinski definition) is 4. The summed E-state index contributed by atoms with van der Waals surface area (Å²) in [5.74, 6) is 0.748. The summed E-state index contributed by atoms with van der Waals surface area (Å²) in [5.41, 5.74) is 2.34. The number of anilines is 1. The van der Waals surface area contributed by atoms with Gasteiger partial charge in [0.2, 0.25) is 0 Å². The van der Waals surface area contributed by atoms with Crippen LogP contribution in [-0.4, -0.2) is 49.4 Å². The maximum Gasteiger partial charge on any atom is 0.162 e. The number of halogens is 2. The van der Waals surface area contributed by atoms with Crippen molar-refractivity contribution in [3.05, 3.63) is 16.1 Å². The number of aliphatic imine (C=N–C) groups is 1. The second-order valence-corrected chi connectivity index (χ2v) is 6.94. The molecule has 0 aromatic heterocycles. The summed E-state index contributed by atoms with van der Waals surface area (Å²) >= 11 is 12.4. The average Bonchev–Trinajstić information content (AvgIpc) is 3.18. The molecule has 0 bridgehead atoms. The van der Waals surface area contributed by atoms with Gasteiger partial charge in [-0.05, 0) is 38.9 Å². The van der Waals surface area contributed by atoms with Gasteiger partial charge >= 0.3 is 0 Å². The minimum atomic E-state index is 0.0211. The van der Waals surface area contributed by atoms with Gasteiger partial charge in [0.05, 0.1) is 28.0 Å². The van der Waals surface area contributed by atoms with Crippen LogP contribution in [0.2, 0.25) is 10.0 Å². The van der Waals surface area contributed by atoms with Gasteiger partial charge in [-0.15, -0.1) is 0 Å². The predicted molar refractivity (Wildman–Crippen MR) is 88.7 cm³/mol. The third-order valence-electron chi connectivity index (χ3n) is 3.79. The normalized spacial score (nSPS) is 18.0. The second-order valence-electron chi connectivity index (χ2n) is 6.13. The van der Waals surface area contributed by atoms with Crippen LogP contribution in [0.15, 0.2) is 11.1 Å². The van der Waals surface area contributed by atoms with Crippen molar-refractivity contribution in [3.8, 4) is 5.75 Å². The average molecular weight is 328 g/mol. The van der Waals surface area contributed by atoms with E-state index in [1.54, 1.807) is 6.07 Å². The lowest BCUT2D eigenvalue weighted by Gasteiger charge is -2.32. The summed E-state index contributed by atoms with van der Waals surface area (Å²) in [6.45, 7) is 2.47. The number of rotatable bonds is 4. The van der Waals surface area contributed by atoms with Gasteiger partial charge < -0.3 is 14.9 Å².